The third kappa shape index (κ3) is 11.1. The van der Waals surface area contributed by atoms with Gasteiger partial charge in [0.15, 0.2) is 0 Å². The Bertz CT molecular complexity index is 436. The molecule has 10 nitrogen and oxygen atoms in total. The molecular formula is C15H26N2O8. The van der Waals surface area contributed by atoms with Gasteiger partial charge >= 0.3 is 23.9 Å². The van der Waals surface area contributed by atoms with Crippen LogP contribution in [0.2, 0.25) is 0 Å². The summed E-state index contributed by atoms with van der Waals surface area (Å²) < 4.78 is 18.9. The molecule has 0 fully saturated rings. The van der Waals surface area contributed by atoms with Crippen LogP contribution in [-0.2, 0) is 38.1 Å². The molecule has 0 bridgehead atoms. The van der Waals surface area contributed by atoms with Crippen LogP contribution in [0.5, 0.6) is 0 Å². The molecule has 0 aliphatic carbocycles. The quantitative estimate of drug-likeness (QED) is 0.291. The van der Waals surface area contributed by atoms with Gasteiger partial charge in [0.05, 0.1) is 25.0 Å². The Morgan fingerprint density at radius 2 is 1.04 bits per heavy atom. The minimum atomic E-state index is -1.25. The van der Waals surface area contributed by atoms with Crippen LogP contribution >= 0.6 is 0 Å². The van der Waals surface area contributed by atoms with Gasteiger partial charge in [0.2, 0.25) is 6.79 Å². The average Bonchev–Trinajstić information content (AvgIpc) is 2.44. The summed E-state index contributed by atoms with van der Waals surface area (Å²) in [5.74, 6) is -3.19. The molecular weight excluding hydrogens is 336 g/mol. The summed E-state index contributed by atoms with van der Waals surface area (Å²) in [5, 5.41) is 0. The molecule has 0 aromatic carbocycles. The fourth-order valence-corrected chi connectivity index (χ4v) is 1.51. The van der Waals surface area contributed by atoms with Gasteiger partial charge in [0.1, 0.15) is 12.1 Å². The van der Waals surface area contributed by atoms with Gasteiger partial charge < -0.3 is 30.4 Å². The first-order valence-electron chi connectivity index (χ1n) is 7.76. The van der Waals surface area contributed by atoms with Gasteiger partial charge in [0.25, 0.3) is 0 Å². The fourth-order valence-electron chi connectivity index (χ4n) is 1.51. The van der Waals surface area contributed by atoms with Crippen molar-refractivity contribution in [1.29, 1.82) is 0 Å². The Morgan fingerprint density at radius 3 is 1.32 bits per heavy atom. The normalized spacial score (nSPS) is 13.1. The van der Waals surface area contributed by atoms with E-state index in [4.69, 9.17) is 20.9 Å². The topological polar surface area (TPSA) is 157 Å². The highest BCUT2D eigenvalue weighted by Gasteiger charge is 2.23. The van der Waals surface area contributed by atoms with E-state index in [2.05, 4.69) is 9.47 Å². The molecule has 0 saturated heterocycles. The molecule has 0 rings (SSSR count). The summed E-state index contributed by atoms with van der Waals surface area (Å²) in [7, 11) is 0. The van der Waals surface area contributed by atoms with Crippen molar-refractivity contribution in [2.75, 3.05) is 6.79 Å². The Kier molecular flexibility index (Phi) is 10.4. The summed E-state index contributed by atoms with van der Waals surface area (Å²) >= 11 is 0. The molecule has 0 spiro atoms. The highest BCUT2D eigenvalue weighted by molar-refractivity contribution is 5.83. The minimum absolute atomic E-state index is 0.333. The first-order valence-corrected chi connectivity index (χ1v) is 7.76. The SMILES string of the molecule is CC(C)OC(=O)C[C@H](N)C(=O)OCOC(=O)[C@@H](N)CC(=O)OC(C)C. The van der Waals surface area contributed by atoms with Crippen molar-refractivity contribution in [3.8, 4) is 0 Å². The number of carbonyl (C=O) groups is 4. The van der Waals surface area contributed by atoms with Gasteiger partial charge in [-0.25, -0.2) is 0 Å². The van der Waals surface area contributed by atoms with Crippen LogP contribution in [0.4, 0.5) is 0 Å². The molecule has 0 aliphatic rings. The van der Waals surface area contributed by atoms with E-state index in [0.29, 0.717) is 0 Å². The van der Waals surface area contributed by atoms with E-state index < -0.39 is 42.8 Å². The van der Waals surface area contributed by atoms with Crippen LogP contribution in [0.25, 0.3) is 0 Å². The number of nitrogens with two attached hydrogens (primary N) is 2. The summed E-state index contributed by atoms with van der Waals surface area (Å²) in [6.07, 6.45) is -1.40. The van der Waals surface area contributed by atoms with Crippen LogP contribution in [0, 0.1) is 0 Å². The van der Waals surface area contributed by atoms with Gasteiger partial charge in [-0.3, -0.25) is 19.2 Å². The number of ether oxygens (including phenoxy) is 4. The molecule has 0 heterocycles. The summed E-state index contributed by atoms with van der Waals surface area (Å²) in [4.78, 5) is 45.9. The van der Waals surface area contributed by atoms with Crippen molar-refractivity contribution >= 4 is 23.9 Å². The van der Waals surface area contributed by atoms with Crippen LogP contribution in [0.3, 0.4) is 0 Å². The van der Waals surface area contributed by atoms with Crippen LogP contribution in [0.1, 0.15) is 40.5 Å². The number of hydrogen-bond donors (Lipinski definition) is 2. The van der Waals surface area contributed by atoms with Crippen LogP contribution in [-0.4, -0.2) is 55.0 Å². The number of rotatable bonds is 10. The zero-order valence-corrected chi connectivity index (χ0v) is 14.9. The molecule has 25 heavy (non-hydrogen) atoms. The van der Waals surface area contributed by atoms with Crippen molar-refractivity contribution in [2.24, 2.45) is 11.5 Å². The number of esters is 4. The summed E-state index contributed by atoms with van der Waals surface area (Å²) in [5.41, 5.74) is 11.0. The first-order chi connectivity index (χ1) is 11.5. The molecule has 0 aromatic heterocycles. The van der Waals surface area contributed by atoms with E-state index in [9.17, 15) is 19.2 Å². The third-order valence-corrected chi connectivity index (χ3v) is 2.52. The van der Waals surface area contributed by atoms with Crippen molar-refractivity contribution in [3.05, 3.63) is 0 Å². The monoisotopic (exact) mass is 362 g/mol. The zero-order valence-electron chi connectivity index (χ0n) is 14.9. The highest BCUT2D eigenvalue weighted by atomic mass is 16.7. The largest absolute Gasteiger partial charge is 0.463 e. The van der Waals surface area contributed by atoms with E-state index >= 15 is 0 Å². The molecule has 2 atom stereocenters. The maximum atomic E-state index is 11.6. The van der Waals surface area contributed by atoms with Crippen molar-refractivity contribution in [3.63, 3.8) is 0 Å². The molecule has 10 heteroatoms. The molecule has 0 saturated carbocycles. The van der Waals surface area contributed by atoms with E-state index in [0.717, 1.165) is 0 Å². The van der Waals surface area contributed by atoms with E-state index in [1.54, 1.807) is 27.7 Å². The summed E-state index contributed by atoms with van der Waals surface area (Å²) in [6.45, 7) is 5.88. The maximum Gasteiger partial charge on any atom is 0.326 e. The zero-order chi connectivity index (χ0) is 19.6. The fraction of sp³-hybridized carbons (Fsp3) is 0.733. The number of carbonyl (C=O) groups excluding carboxylic acids is 4. The van der Waals surface area contributed by atoms with E-state index in [-0.39, 0.29) is 25.0 Å². The standard InChI is InChI=1S/C15H26N2O8/c1-8(2)24-12(18)5-10(16)14(20)22-7-23-15(21)11(17)6-13(19)25-9(3)4/h8-11H,5-7,16-17H2,1-4H3/t10-,11-/m0/s1. The van der Waals surface area contributed by atoms with Crippen LogP contribution < -0.4 is 11.5 Å². The number of hydrogen-bond acceptors (Lipinski definition) is 10. The van der Waals surface area contributed by atoms with Crippen molar-refractivity contribution < 1.29 is 38.1 Å². The Hall–Kier alpha value is -2.20. The molecule has 0 aliphatic heterocycles. The lowest BCUT2D eigenvalue weighted by atomic mass is 10.2. The van der Waals surface area contributed by atoms with Gasteiger partial charge in [-0.05, 0) is 27.7 Å². The molecule has 0 aromatic rings. The Balaban J connectivity index is 4.11. The van der Waals surface area contributed by atoms with E-state index in [1.165, 1.54) is 0 Å². The van der Waals surface area contributed by atoms with Gasteiger partial charge in [-0.2, -0.15) is 0 Å². The lowest BCUT2D eigenvalue weighted by molar-refractivity contribution is -0.172. The molecule has 0 radical (unpaired) electrons. The molecule has 0 amide bonds. The van der Waals surface area contributed by atoms with Gasteiger partial charge in [0, 0.05) is 0 Å². The predicted molar refractivity (Wildman–Crippen MR) is 84.7 cm³/mol. The first kappa shape index (κ1) is 22.8. The molecule has 0 unspecified atom stereocenters. The third-order valence-electron chi connectivity index (χ3n) is 2.52. The van der Waals surface area contributed by atoms with Crippen molar-refractivity contribution in [1.82, 2.24) is 0 Å². The molecule has 4 N–H and O–H groups in total. The smallest absolute Gasteiger partial charge is 0.326 e. The van der Waals surface area contributed by atoms with Gasteiger partial charge in [-0.15, -0.1) is 0 Å². The second kappa shape index (κ2) is 11.4. The maximum absolute atomic E-state index is 11.6. The second-order valence-corrected chi connectivity index (χ2v) is 5.74. The molecule has 144 valence electrons. The highest BCUT2D eigenvalue weighted by Crippen LogP contribution is 2.01. The average molecular weight is 362 g/mol. The Morgan fingerprint density at radius 1 is 0.720 bits per heavy atom. The second-order valence-electron chi connectivity index (χ2n) is 5.74. The van der Waals surface area contributed by atoms with Crippen LogP contribution in [0.15, 0.2) is 0 Å². The van der Waals surface area contributed by atoms with Gasteiger partial charge in [-0.1, -0.05) is 0 Å². The Labute approximate surface area is 146 Å². The predicted octanol–water partition coefficient (Wildman–Crippen LogP) is -0.632. The van der Waals surface area contributed by atoms with Crippen molar-refractivity contribution in [2.45, 2.75) is 64.8 Å². The summed E-state index contributed by atoms with van der Waals surface area (Å²) in [6, 6.07) is -2.50. The minimum Gasteiger partial charge on any atom is -0.463 e. The lowest BCUT2D eigenvalue weighted by Gasteiger charge is -2.14. The van der Waals surface area contributed by atoms with E-state index in [1.807, 2.05) is 0 Å². The lowest BCUT2D eigenvalue weighted by Crippen LogP contribution is -2.38.